The van der Waals surface area contributed by atoms with Gasteiger partial charge in [-0.05, 0) is 25.5 Å². The molecule has 0 aliphatic carbocycles. The number of nitrogens with zero attached hydrogens (tertiary/aromatic N) is 3. The Morgan fingerprint density at radius 3 is 2.46 bits per heavy atom. The van der Waals surface area contributed by atoms with Gasteiger partial charge in [0.05, 0.1) is 25.4 Å². The van der Waals surface area contributed by atoms with E-state index in [-0.39, 0.29) is 44.2 Å². The number of Topliss-reactive ketones (excluding diaryl/α,β-unsaturated/α-hetero) is 1. The number of unbranched alkanes of at least 4 members (excludes halogenated alkanes) is 1. The van der Waals surface area contributed by atoms with E-state index in [4.69, 9.17) is 9.57 Å². The molecule has 1 amide bonds. The van der Waals surface area contributed by atoms with Gasteiger partial charge in [-0.25, -0.2) is 4.79 Å². The molecule has 2 aliphatic heterocycles. The molecular weight excluding hydrogens is 467 g/mol. The number of fused-ring (bicyclic) bond motifs is 1. The molecule has 0 aromatic heterocycles. The van der Waals surface area contributed by atoms with Gasteiger partial charge in [0.2, 0.25) is 5.91 Å². The molecule has 0 N–H and O–H groups in total. The number of hydrogen-bond acceptors (Lipinski definition) is 6. The summed E-state index contributed by atoms with van der Waals surface area (Å²) >= 11 is 0. The first-order valence-electron chi connectivity index (χ1n) is 12.0. The highest BCUT2D eigenvalue weighted by molar-refractivity contribution is 6.10. The Kier molecular flexibility index (Phi) is 9.26. The first-order valence-corrected chi connectivity index (χ1v) is 12.0. The smallest absolute Gasteiger partial charge is 0.380 e. The summed E-state index contributed by atoms with van der Waals surface area (Å²) in [4.78, 5) is 45.3. The van der Waals surface area contributed by atoms with Crippen molar-refractivity contribution in [2.75, 3.05) is 63.9 Å². The third-order valence-corrected chi connectivity index (χ3v) is 6.47. The lowest BCUT2D eigenvalue weighted by Crippen LogP contribution is -2.61. The second-order valence-electron chi connectivity index (χ2n) is 8.84. The van der Waals surface area contributed by atoms with Crippen molar-refractivity contribution >= 4 is 23.3 Å². The summed E-state index contributed by atoms with van der Waals surface area (Å²) < 4.78 is 43.8. The summed E-state index contributed by atoms with van der Waals surface area (Å²) in [6.07, 6.45) is -3.85. The van der Waals surface area contributed by atoms with E-state index in [9.17, 15) is 27.6 Å². The third-order valence-electron chi connectivity index (χ3n) is 6.47. The lowest BCUT2D eigenvalue weighted by Gasteiger charge is -2.41. The molecule has 8 nitrogen and oxygen atoms in total. The lowest BCUT2D eigenvalue weighted by molar-refractivity contribution is -1.09. The molecule has 194 valence electrons. The van der Waals surface area contributed by atoms with Crippen LogP contribution < -0.4 is 4.90 Å². The van der Waals surface area contributed by atoms with Gasteiger partial charge in [0.15, 0.2) is 5.78 Å². The molecule has 1 saturated heterocycles. The van der Waals surface area contributed by atoms with E-state index in [1.54, 1.807) is 29.2 Å². The summed E-state index contributed by atoms with van der Waals surface area (Å²) in [5.41, 5.74) is 1.07. The van der Waals surface area contributed by atoms with Crippen LogP contribution in [0, 0.1) is 0 Å². The minimum Gasteiger partial charge on any atom is -0.380 e. The number of piperazine rings is 1. The van der Waals surface area contributed by atoms with Gasteiger partial charge in [0, 0.05) is 44.5 Å². The molecule has 0 bridgehead atoms. The molecule has 0 saturated carbocycles. The largest absolute Gasteiger partial charge is 0.497 e. The number of rotatable bonds is 10. The fourth-order valence-electron chi connectivity index (χ4n) is 4.50. The summed E-state index contributed by atoms with van der Waals surface area (Å²) in [5.74, 6) is -2.42. The Morgan fingerprint density at radius 2 is 1.77 bits per heavy atom. The highest BCUT2D eigenvalue weighted by atomic mass is 19.4. The number of anilines is 1. The Bertz CT molecular complexity index is 901. The average Bonchev–Trinajstić information content (AvgIpc) is 2.94. The standard InChI is InChI=1S/C24H33F3N3O5/c1-2-34-18-14-28-12-16-30(17-13-28,35-23(33)24(25,26)27)15-6-5-11-29-20-8-4-3-7-19(20)21(31)9-10-22(29)32/h3-4,7-8H,2,5-6,9-18H2,1H3/q+1. The number of carbonyl (C=O) groups is 3. The van der Waals surface area contributed by atoms with E-state index in [0.717, 1.165) is 0 Å². The molecule has 3 rings (SSSR count). The number of ether oxygens (including phenoxy) is 1. The van der Waals surface area contributed by atoms with Crippen molar-refractivity contribution in [3.8, 4) is 0 Å². The van der Waals surface area contributed by atoms with Gasteiger partial charge in [-0.3, -0.25) is 19.3 Å². The Morgan fingerprint density at radius 1 is 1.06 bits per heavy atom. The molecule has 35 heavy (non-hydrogen) atoms. The molecule has 2 heterocycles. The van der Waals surface area contributed by atoms with Crippen LogP contribution >= 0.6 is 0 Å². The number of carbonyl (C=O) groups excluding carboxylic acids is 3. The highest BCUT2D eigenvalue weighted by Crippen LogP contribution is 2.28. The van der Waals surface area contributed by atoms with Crippen molar-refractivity contribution in [1.29, 1.82) is 0 Å². The first-order chi connectivity index (χ1) is 16.6. The van der Waals surface area contributed by atoms with Crippen LogP contribution in [0.3, 0.4) is 0 Å². The van der Waals surface area contributed by atoms with E-state index in [0.29, 0.717) is 63.5 Å². The zero-order chi connectivity index (χ0) is 25.5. The van der Waals surface area contributed by atoms with Crippen LogP contribution in [0.25, 0.3) is 0 Å². The summed E-state index contributed by atoms with van der Waals surface area (Å²) in [7, 11) is 0. The Labute approximate surface area is 203 Å². The number of amides is 1. The molecular formula is C24H33F3N3O5+. The number of hydrogen-bond donors (Lipinski definition) is 0. The molecule has 1 aromatic rings. The fraction of sp³-hybridized carbons (Fsp3) is 0.625. The van der Waals surface area contributed by atoms with Crippen LogP contribution in [0.15, 0.2) is 24.3 Å². The monoisotopic (exact) mass is 500 g/mol. The topological polar surface area (TPSA) is 76.2 Å². The van der Waals surface area contributed by atoms with E-state index in [2.05, 4.69) is 4.90 Å². The highest BCUT2D eigenvalue weighted by Gasteiger charge is 2.48. The van der Waals surface area contributed by atoms with E-state index in [1.807, 2.05) is 6.92 Å². The van der Waals surface area contributed by atoms with Crippen LogP contribution in [0.2, 0.25) is 0 Å². The molecule has 1 fully saturated rings. The maximum absolute atomic E-state index is 13.0. The van der Waals surface area contributed by atoms with E-state index in [1.165, 1.54) is 0 Å². The second kappa shape index (κ2) is 12.0. The van der Waals surface area contributed by atoms with Crippen LogP contribution in [-0.2, 0) is 19.2 Å². The Balaban J connectivity index is 1.61. The van der Waals surface area contributed by atoms with Crippen LogP contribution in [0.1, 0.15) is 43.0 Å². The van der Waals surface area contributed by atoms with Gasteiger partial charge in [-0.2, -0.15) is 13.2 Å². The second-order valence-corrected chi connectivity index (χ2v) is 8.84. The predicted octanol–water partition coefficient (Wildman–Crippen LogP) is 2.97. The normalized spacial score (nSPS) is 18.8. The van der Waals surface area contributed by atoms with Crippen molar-refractivity contribution in [1.82, 2.24) is 4.90 Å². The van der Waals surface area contributed by atoms with Crippen molar-refractivity contribution in [2.45, 2.75) is 38.8 Å². The third kappa shape index (κ3) is 7.25. The van der Waals surface area contributed by atoms with Gasteiger partial charge in [0.25, 0.3) is 0 Å². The number of halogens is 3. The maximum atomic E-state index is 13.0. The number of alkyl halides is 3. The molecule has 0 atom stereocenters. The lowest BCUT2D eigenvalue weighted by atomic mass is 10.1. The van der Waals surface area contributed by atoms with Gasteiger partial charge >= 0.3 is 12.1 Å². The summed E-state index contributed by atoms with van der Waals surface area (Å²) in [6.45, 7) is 5.68. The maximum Gasteiger partial charge on any atom is 0.497 e. The van der Waals surface area contributed by atoms with Crippen molar-refractivity contribution in [2.24, 2.45) is 0 Å². The SMILES string of the molecule is CCOCCN1CC[N+](CCCCN2C(=O)CCC(=O)c3ccccc32)(OC(=O)C(F)(F)F)CC1. The van der Waals surface area contributed by atoms with Crippen LogP contribution in [0.5, 0.6) is 0 Å². The Hall–Kier alpha value is -2.50. The minimum absolute atomic E-state index is 0.0813. The van der Waals surface area contributed by atoms with E-state index >= 15 is 0 Å². The van der Waals surface area contributed by atoms with Crippen molar-refractivity contribution in [3.05, 3.63) is 29.8 Å². The van der Waals surface area contributed by atoms with Gasteiger partial charge in [0.1, 0.15) is 19.6 Å². The van der Waals surface area contributed by atoms with Crippen LogP contribution in [0.4, 0.5) is 18.9 Å². The van der Waals surface area contributed by atoms with E-state index < -0.39 is 16.8 Å². The van der Waals surface area contributed by atoms with Gasteiger partial charge < -0.3 is 9.64 Å². The predicted molar refractivity (Wildman–Crippen MR) is 122 cm³/mol. The number of quaternary nitrogens is 1. The molecule has 11 heteroatoms. The average molecular weight is 501 g/mol. The minimum atomic E-state index is -5.06. The zero-order valence-electron chi connectivity index (χ0n) is 20.0. The number of para-hydroxylation sites is 1. The quantitative estimate of drug-likeness (QED) is 0.363. The first kappa shape index (κ1) is 27.1. The number of hydroxylamine groups is 3. The van der Waals surface area contributed by atoms with Crippen LogP contribution in [-0.4, -0.2) is 92.4 Å². The number of benzene rings is 1. The van der Waals surface area contributed by atoms with Gasteiger partial charge in [-0.1, -0.05) is 12.1 Å². The zero-order valence-corrected chi connectivity index (χ0v) is 20.0. The van der Waals surface area contributed by atoms with Crippen molar-refractivity contribution in [3.63, 3.8) is 0 Å². The van der Waals surface area contributed by atoms with Crippen molar-refractivity contribution < 1.29 is 41.8 Å². The summed E-state index contributed by atoms with van der Waals surface area (Å²) in [6, 6.07) is 6.95. The van der Waals surface area contributed by atoms with Gasteiger partial charge in [-0.15, -0.1) is 4.65 Å². The molecule has 2 aliphatic rings. The molecule has 0 spiro atoms. The molecule has 0 unspecified atom stereocenters. The summed E-state index contributed by atoms with van der Waals surface area (Å²) in [5, 5.41) is 0. The fourth-order valence-corrected chi connectivity index (χ4v) is 4.50. The molecule has 1 aromatic carbocycles. The molecule has 0 radical (unpaired) electrons. The number of ketones is 1.